The van der Waals surface area contributed by atoms with E-state index >= 15 is 0 Å². The van der Waals surface area contributed by atoms with Crippen molar-refractivity contribution < 1.29 is 0 Å². The molecule has 0 amide bonds. The third-order valence-electron chi connectivity index (χ3n) is 1.52. The van der Waals surface area contributed by atoms with Crippen LogP contribution in [0.3, 0.4) is 0 Å². The van der Waals surface area contributed by atoms with Crippen LogP contribution in [0, 0.1) is 11.8 Å². The standard InChI is InChI=1S/C8H10N2O/c1-6-3-4-8(9-5-6)7(2)10-11/h3-5,7H,1-2H3. The maximum absolute atomic E-state index is 10.1. The van der Waals surface area contributed by atoms with Crippen molar-refractivity contribution in [1.29, 1.82) is 0 Å². The summed E-state index contributed by atoms with van der Waals surface area (Å²) < 4.78 is 0. The zero-order chi connectivity index (χ0) is 8.27. The van der Waals surface area contributed by atoms with Crippen LogP contribution in [0.4, 0.5) is 0 Å². The van der Waals surface area contributed by atoms with Gasteiger partial charge in [-0.1, -0.05) is 11.2 Å². The predicted molar refractivity (Wildman–Crippen MR) is 43.2 cm³/mol. The van der Waals surface area contributed by atoms with Crippen molar-refractivity contribution >= 4 is 0 Å². The highest BCUT2D eigenvalue weighted by molar-refractivity contribution is 5.14. The Balaban J connectivity index is 2.89. The summed E-state index contributed by atoms with van der Waals surface area (Å²) in [6.45, 7) is 3.68. The predicted octanol–water partition coefficient (Wildman–Crippen LogP) is 2.22. The molecule has 1 aromatic heterocycles. The van der Waals surface area contributed by atoms with E-state index in [-0.39, 0.29) is 6.04 Å². The van der Waals surface area contributed by atoms with Gasteiger partial charge in [0, 0.05) is 6.20 Å². The fourth-order valence-corrected chi connectivity index (χ4v) is 0.780. The number of nitroso groups, excluding NO2 is 1. The van der Waals surface area contributed by atoms with E-state index in [4.69, 9.17) is 0 Å². The maximum atomic E-state index is 10.1. The lowest BCUT2D eigenvalue weighted by Gasteiger charge is -2.00. The van der Waals surface area contributed by atoms with Crippen LogP contribution in [0.1, 0.15) is 24.2 Å². The summed E-state index contributed by atoms with van der Waals surface area (Å²) in [6.07, 6.45) is 1.73. The van der Waals surface area contributed by atoms with E-state index in [0.717, 1.165) is 11.3 Å². The number of hydrogen-bond donors (Lipinski definition) is 0. The summed E-state index contributed by atoms with van der Waals surface area (Å²) in [5.41, 5.74) is 1.82. The molecule has 0 radical (unpaired) electrons. The smallest absolute Gasteiger partial charge is 0.131 e. The second-order valence-corrected chi connectivity index (χ2v) is 2.54. The van der Waals surface area contributed by atoms with Crippen LogP contribution in [0.15, 0.2) is 23.5 Å². The summed E-state index contributed by atoms with van der Waals surface area (Å²) >= 11 is 0. The Kier molecular flexibility index (Phi) is 2.31. The molecule has 1 unspecified atom stereocenters. The van der Waals surface area contributed by atoms with Crippen molar-refractivity contribution in [2.24, 2.45) is 5.18 Å². The highest BCUT2D eigenvalue weighted by atomic mass is 16.3. The molecular weight excluding hydrogens is 140 g/mol. The van der Waals surface area contributed by atoms with Crippen LogP contribution in [0.2, 0.25) is 0 Å². The molecule has 0 fully saturated rings. The molecule has 1 aromatic rings. The number of rotatable bonds is 2. The second-order valence-electron chi connectivity index (χ2n) is 2.54. The molecule has 0 saturated heterocycles. The van der Waals surface area contributed by atoms with Crippen molar-refractivity contribution in [3.8, 4) is 0 Å². The molecule has 1 heterocycles. The first-order valence-corrected chi connectivity index (χ1v) is 3.49. The highest BCUT2D eigenvalue weighted by Crippen LogP contribution is 2.12. The van der Waals surface area contributed by atoms with Crippen LogP contribution in [0.5, 0.6) is 0 Å². The molecule has 3 heteroatoms. The van der Waals surface area contributed by atoms with Crippen molar-refractivity contribution in [3.05, 3.63) is 34.5 Å². The van der Waals surface area contributed by atoms with Crippen molar-refractivity contribution in [1.82, 2.24) is 4.98 Å². The molecule has 0 aromatic carbocycles. The Hall–Kier alpha value is -1.25. The Bertz CT molecular complexity index is 243. The van der Waals surface area contributed by atoms with E-state index in [0.29, 0.717) is 0 Å². The SMILES string of the molecule is Cc1ccc(C(C)N=O)nc1. The summed E-state index contributed by atoms with van der Waals surface area (Å²) in [5, 5.41) is 2.88. The molecular formula is C8H10N2O. The normalized spacial score (nSPS) is 12.5. The zero-order valence-corrected chi connectivity index (χ0v) is 6.61. The summed E-state index contributed by atoms with van der Waals surface area (Å²) in [6, 6.07) is 3.40. The first-order valence-electron chi connectivity index (χ1n) is 3.49. The van der Waals surface area contributed by atoms with E-state index in [2.05, 4.69) is 10.2 Å². The van der Waals surface area contributed by atoms with Gasteiger partial charge in [0.15, 0.2) is 0 Å². The van der Waals surface area contributed by atoms with E-state index in [9.17, 15) is 4.91 Å². The lowest BCUT2D eigenvalue weighted by atomic mass is 10.2. The first-order chi connectivity index (χ1) is 5.24. The summed E-state index contributed by atoms with van der Waals surface area (Å²) in [4.78, 5) is 14.2. The van der Waals surface area contributed by atoms with Crippen molar-refractivity contribution in [2.45, 2.75) is 19.9 Å². The number of aryl methyl sites for hydroxylation is 1. The molecule has 0 N–H and O–H groups in total. The van der Waals surface area contributed by atoms with Crippen LogP contribution in [0.25, 0.3) is 0 Å². The number of nitrogens with zero attached hydrogens (tertiary/aromatic N) is 2. The van der Waals surface area contributed by atoms with Gasteiger partial charge in [0.05, 0.1) is 5.69 Å². The number of hydrogen-bond acceptors (Lipinski definition) is 3. The molecule has 0 bridgehead atoms. The van der Waals surface area contributed by atoms with Gasteiger partial charge in [0.25, 0.3) is 0 Å². The number of aromatic nitrogens is 1. The highest BCUT2D eigenvalue weighted by Gasteiger charge is 2.04. The van der Waals surface area contributed by atoms with Gasteiger partial charge in [-0.25, -0.2) is 0 Å². The van der Waals surface area contributed by atoms with E-state index in [1.807, 2.05) is 19.1 Å². The minimum atomic E-state index is -0.337. The van der Waals surface area contributed by atoms with E-state index < -0.39 is 0 Å². The maximum Gasteiger partial charge on any atom is 0.131 e. The van der Waals surface area contributed by atoms with Crippen molar-refractivity contribution in [2.75, 3.05) is 0 Å². The molecule has 1 atom stereocenters. The van der Waals surface area contributed by atoms with Gasteiger partial charge in [-0.2, -0.15) is 4.91 Å². The van der Waals surface area contributed by atoms with Gasteiger partial charge in [-0.3, -0.25) is 4.98 Å². The van der Waals surface area contributed by atoms with Gasteiger partial charge in [0.1, 0.15) is 6.04 Å². The lowest BCUT2D eigenvalue weighted by molar-refractivity contribution is 0.774. The fourth-order valence-electron chi connectivity index (χ4n) is 0.780. The topological polar surface area (TPSA) is 42.3 Å². The minimum Gasteiger partial charge on any atom is -0.259 e. The lowest BCUT2D eigenvalue weighted by Crippen LogP contribution is -1.92. The van der Waals surface area contributed by atoms with Gasteiger partial charge >= 0.3 is 0 Å². The van der Waals surface area contributed by atoms with E-state index in [1.165, 1.54) is 0 Å². The quantitative estimate of drug-likeness (QED) is 0.606. The average Bonchev–Trinajstić information content (AvgIpc) is 2.05. The van der Waals surface area contributed by atoms with Crippen LogP contribution in [-0.2, 0) is 0 Å². The Labute approximate surface area is 65.4 Å². The van der Waals surface area contributed by atoms with Gasteiger partial charge in [0.2, 0.25) is 0 Å². The van der Waals surface area contributed by atoms with Crippen LogP contribution in [-0.4, -0.2) is 4.98 Å². The average molecular weight is 150 g/mol. The van der Waals surface area contributed by atoms with E-state index in [1.54, 1.807) is 13.1 Å². The molecule has 58 valence electrons. The number of pyridine rings is 1. The molecule has 0 aliphatic heterocycles. The van der Waals surface area contributed by atoms with Gasteiger partial charge < -0.3 is 0 Å². The van der Waals surface area contributed by atoms with Gasteiger partial charge in [-0.05, 0) is 25.5 Å². The van der Waals surface area contributed by atoms with Gasteiger partial charge in [-0.15, -0.1) is 0 Å². The molecule has 0 saturated carbocycles. The Morgan fingerprint density at radius 3 is 2.73 bits per heavy atom. The second kappa shape index (κ2) is 3.23. The van der Waals surface area contributed by atoms with Crippen molar-refractivity contribution in [3.63, 3.8) is 0 Å². The largest absolute Gasteiger partial charge is 0.259 e. The monoisotopic (exact) mass is 150 g/mol. The van der Waals surface area contributed by atoms with Crippen LogP contribution < -0.4 is 0 Å². The first kappa shape index (κ1) is 7.85. The third kappa shape index (κ3) is 1.83. The minimum absolute atomic E-state index is 0.337. The zero-order valence-electron chi connectivity index (χ0n) is 6.61. The molecule has 1 rings (SSSR count). The summed E-state index contributed by atoms with van der Waals surface area (Å²) in [5.74, 6) is 0. The Morgan fingerprint density at radius 1 is 1.55 bits per heavy atom. The molecule has 3 nitrogen and oxygen atoms in total. The Morgan fingerprint density at radius 2 is 2.27 bits per heavy atom. The van der Waals surface area contributed by atoms with Crippen LogP contribution >= 0.6 is 0 Å². The third-order valence-corrected chi connectivity index (χ3v) is 1.52. The summed E-state index contributed by atoms with van der Waals surface area (Å²) in [7, 11) is 0. The fraction of sp³-hybridized carbons (Fsp3) is 0.375. The molecule has 0 spiro atoms. The molecule has 0 aliphatic carbocycles. The molecule has 11 heavy (non-hydrogen) atoms. The molecule has 0 aliphatic rings.